The number of halogens is 1. The van der Waals surface area contributed by atoms with E-state index in [0.717, 1.165) is 31.6 Å². The fourth-order valence-electron chi connectivity index (χ4n) is 3.50. The van der Waals surface area contributed by atoms with Crippen LogP contribution < -0.4 is 10.2 Å². The van der Waals surface area contributed by atoms with Gasteiger partial charge in [-0.25, -0.2) is 0 Å². The summed E-state index contributed by atoms with van der Waals surface area (Å²) < 4.78 is 0. The number of β-amino-alcohol motifs (C(OH)–C–C–N with tert-alkyl or cyclic N) is 1. The van der Waals surface area contributed by atoms with Gasteiger partial charge in [-0.15, -0.1) is 0 Å². The molecule has 1 aromatic carbocycles. The third-order valence-corrected chi connectivity index (χ3v) is 5.30. The number of hydrogen-bond donors (Lipinski definition) is 2. The van der Waals surface area contributed by atoms with Gasteiger partial charge >= 0.3 is 0 Å². The predicted molar refractivity (Wildman–Crippen MR) is 97.0 cm³/mol. The molecule has 3 rings (SSSR count). The van der Waals surface area contributed by atoms with Gasteiger partial charge < -0.3 is 20.2 Å². The van der Waals surface area contributed by atoms with E-state index in [-0.39, 0.29) is 24.4 Å². The fourth-order valence-corrected chi connectivity index (χ4v) is 3.80. The van der Waals surface area contributed by atoms with Gasteiger partial charge in [0.1, 0.15) is 0 Å². The number of rotatable bonds is 3. The van der Waals surface area contributed by atoms with Crippen LogP contribution in [-0.2, 0) is 4.79 Å². The number of nitrogens with one attached hydrogen (secondary N) is 1. The van der Waals surface area contributed by atoms with Crippen molar-refractivity contribution >= 4 is 29.1 Å². The van der Waals surface area contributed by atoms with Crippen LogP contribution in [0.4, 0.5) is 5.69 Å². The monoisotopic (exact) mass is 365 g/mol. The van der Waals surface area contributed by atoms with Crippen LogP contribution in [-0.4, -0.2) is 60.1 Å². The molecule has 2 aliphatic heterocycles. The predicted octanol–water partition coefficient (Wildman–Crippen LogP) is 1.65. The maximum atomic E-state index is 12.5. The molecule has 2 fully saturated rings. The molecule has 0 radical (unpaired) electrons. The Labute approximate surface area is 152 Å². The first-order chi connectivity index (χ1) is 12.0. The first-order valence-electron chi connectivity index (χ1n) is 8.74. The normalized spacial score (nSPS) is 23.6. The summed E-state index contributed by atoms with van der Waals surface area (Å²) in [5.74, 6) is -0.316. The summed E-state index contributed by atoms with van der Waals surface area (Å²) in [6, 6.07) is 4.98. The van der Waals surface area contributed by atoms with Crippen LogP contribution in [0.3, 0.4) is 0 Å². The summed E-state index contributed by atoms with van der Waals surface area (Å²) in [7, 11) is 0. The van der Waals surface area contributed by atoms with E-state index >= 15 is 0 Å². The molecule has 0 aliphatic carbocycles. The lowest BCUT2D eigenvalue weighted by Crippen LogP contribution is -2.55. The number of aliphatic hydroxyl groups excluding tert-OH is 1. The highest BCUT2D eigenvalue weighted by molar-refractivity contribution is 6.33. The quantitative estimate of drug-likeness (QED) is 0.854. The molecule has 136 valence electrons. The summed E-state index contributed by atoms with van der Waals surface area (Å²) in [6.45, 7) is 4.24. The third kappa shape index (κ3) is 4.07. The maximum absolute atomic E-state index is 12.5. The lowest BCUT2D eigenvalue weighted by molar-refractivity contribution is -0.132. The van der Waals surface area contributed by atoms with Gasteiger partial charge in [0.2, 0.25) is 5.91 Å². The zero-order valence-corrected chi connectivity index (χ0v) is 15.1. The van der Waals surface area contributed by atoms with Gasteiger partial charge in [-0.05, 0) is 37.5 Å². The van der Waals surface area contributed by atoms with E-state index in [1.54, 1.807) is 17.0 Å². The molecule has 6 nitrogen and oxygen atoms in total. The number of nitrogens with zero attached hydrogens (tertiary/aromatic N) is 2. The van der Waals surface area contributed by atoms with E-state index < -0.39 is 6.10 Å². The molecule has 2 heterocycles. The van der Waals surface area contributed by atoms with Crippen molar-refractivity contribution in [3.8, 4) is 0 Å². The van der Waals surface area contributed by atoms with E-state index in [0.29, 0.717) is 23.6 Å². The summed E-state index contributed by atoms with van der Waals surface area (Å²) in [5, 5.41) is 13.6. The first kappa shape index (κ1) is 18.0. The average Bonchev–Trinajstić information content (AvgIpc) is 3.10. The Kier molecular flexibility index (Phi) is 5.49. The van der Waals surface area contributed by atoms with Gasteiger partial charge in [0, 0.05) is 38.7 Å². The van der Waals surface area contributed by atoms with Crippen LogP contribution in [0, 0.1) is 0 Å². The number of anilines is 1. The van der Waals surface area contributed by atoms with Crippen molar-refractivity contribution in [3.63, 3.8) is 0 Å². The van der Waals surface area contributed by atoms with Crippen molar-refractivity contribution in [2.45, 2.75) is 38.3 Å². The fraction of sp³-hybridized carbons (Fsp3) is 0.556. The molecule has 2 saturated heterocycles. The van der Waals surface area contributed by atoms with E-state index in [1.807, 2.05) is 6.07 Å². The minimum Gasteiger partial charge on any atom is -0.389 e. The number of benzene rings is 1. The van der Waals surface area contributed by atoms with Gasteiger partial charge in [-0.1, -0.05) is 11.6 Å². The zero-order chi connectivity index (χ0) is 18.0. The Morgan fingerprint density at radius 3 is 2.56 bits per heavy atom. The largest absolute Gasteiger partial charge is 0.389 e. The van der Waals surface area contributed by atoms with Crippen molar-refractivity contribution in [2.24, 2.45) is 0 Å². The number of carbonyl (C=O) groups is 2. The van der Waals surface area contributed by atoms with Crippen molar-refractivity contribution in [2.75, 3.05) is 31.1 Å². The van der Waals surface area contributed by atoms with Crippen molar-refractivity contribution < 1.29 is 14.7 Å². The first-order valence-corrected chi connectivity index (χ1v) is 9.12. The summed E-state index contributed by atoms with van der Waals surface area (Å²) in [4.78, 5) is 27.7. The average molecular weight is 366 g/mol. The van der Waals surface area contributed by atoms with E-state index in [1.165, 1.54) is 6.92 Å². The molecule has 2 aliphatic rings. The molecule has 0 aromatic heterocycles. The standard InChI is InChI=1S/C18H24ClN3O3/c1-12(23)22-9-6-15(17(24)11-22)20-18(25)13-4-5-16(14(19)10-13)21-7-2-3-8-21/h4-5,10,15,17,24H,2-3,6-9,11H2,1H3,(H,20,25)/t15-,17-/m1/s1. The van der Waals surface area contributed by atoms with Crippen LogP contribution in [0.1, 0.15) is 36.5 Å². The van der Waals surface area contributed by atoms with Crippen molar-refractivity contribution in [1.29, 1.82) is 0 Å². The molecule has 7 heteroatoms. The second kappa shape index (κ2) is 7.62. The van der Waals surface area contributed by atoms with Gasteiger partial charge in [0.05, 0.1) is 22.9 Å². The SMILES string of the molecule is CC(=O)N1CC[C@@H](NC(=O)c2ccc(N3CCCC3)c(Cl)c2)[C@H](O)C1. The molecule has 0 spiro atoms. The summed E-state index contributed by atoms with van der Waals surface area (Å²) in [5.41, 5.74) is 1.44. The minimum atomic E-state index is -0.763. The number of amides is 2. The Morgan fingerprint density at radius 1 is 1.24 bits per heavy atom. The Morgan fingerprint density at radius 2 is 1.96 bits per heavy atom. The van der Waals surface area contributed by atoms with E-state index in [9.17, 15) is 14.7 Å². The molecule has 25 heavy (non-hydrogen) atoms. The highest BCUT2D eigenvalue weighted by Crippen LogP contribution is 2.29. The van der Waals surface area contributed by atoms with Gasteiger partial charge in [0.15, 0.2) is 0 Å². The maximum Gasteiger partial charge on any atom is 0.251 e. The highest BCUT2D eigenvalue weighted by atomic mass is 35.5. The molecule has 1 aromatic rings. The third-order valence-electron chi connectivity index (χ3n) is 5.00. The molecule has 0 saturated carbocycles. The van der Waals surface area contributed by atoms with E-state index in [4.69, 9.17) is 11.6 Å². The molecule has 0 bridgehead atoms. The number of carbonyl (C=O) groups excluding carboxylic acids is 2. The Balaban J connectivity index is 1.63. The van der Waals surface area contributed by atoms with Crippen LogP contribution in [0.5, 0.6) is 0 Å². The highest BCUT2D eigenvalue weighted by Gasteiger charge is 2.30. The number of aliphatic hydroxyl groups is 1. The molecule has 2 amide bonds. The molecule has 2 N–H and O–H groups in total. The molecule has 2 atom stereocenters. The Hall–Kier alpha value is -1.79. The Bertz CT molecular complexity index is 661. The molecular formula is C18H24ClN3O3. The van der Waals surface area contributed by atoms with Crippen LogP contribution >= 0.6 is 11.6 Å². The topological polar surface area (TPSA) is 72.9 Å². The number of likely N-dealkylation sites (tertiary alicyclic amines) is 1. The van der Waals surface area contributed by atoms with Crippen molar-refractivity contribution in [1.82, 2.24) is 10.2 Å². The second-order valence-electron chi connectivity index (χ2n) is 6.76. The van der Waals surface area contributed by atoms with Crippen LogP contribution in [0.2, 0.25) is 5.02 Å². The van der Waals surface area contributed by atoms with Gasteiger partial charge in [-0.2, -0.15) is 0 Å². The van der Waals surface area contributed by atoms with Crippen LogP contribution in [0.15, 0.2) is 18.2 Å². The van der Waals surface area contributed by atoms with Crippen molar-refractivity contribution in [3.05, 3.63) is 28.8 Å². The van der Waals surface area contributed by atoms with Gasteiger partial charge in [-0.3, -0.25) is 9.59 Å². The summed E-state index contributed by atoms with van der Waals surface area (Å²) >= 11 is 6.36. The molecular weight excluding hydrogens is 342 g/mol. The molecule has 0 unspecified atom stereocenters. The zero-order valence-electron chi connectivity index (χ0n) is 14.4. The van der Waals surface area contributed by atoms with E-state index in [2.05, 4.69) is 10.2 Å². The second-order valence-corrected chi connectivity index (χ2v) is 7.17. The minimum absolute atomic E-state index is 0.0619. The lowest BCUT2D eigenvalue weighted by Gasteiger charge is -2.35. The smallest absolute Gasteiger partial charge is 0.251 e. The number of hydrogen-bond acceptors (Lipinski definition) is 4. The number of piperidine rings is 1. The lowest BCUT2D eigenvalue weighted by atomic mass is 10.0. The summed E-state index contributed by atoms with van der Waals surface area (Å²) in [6.07, 6.45) is 2.10. The van der Waals surface area contributed by atoms with Gasteiger partial charge in [0.25, 0.3) is 5.91 Å². The van der Waals surface area contributed by atoms with Crippen LogP contribution in [0.25, 0.3) is 0 Å².